The fraction of sp³-hybridized carbons (Fsp3) is 0.158. The van der Waals surface area contributed by atoms with Gasteiger partial charge in [-0.1, -0.05) is 43.5 Å². The van der Waals surface area contributed by atoms with Crippen molar-refractivity contribution in [2.75, 3.05) is 5.73 Å². The van der Waals surface area contributed by atoms with Crippen molar-refractivity contribution in [3.8, 4) is 0 Å². The predicted molar refractivity (Wildman–Crippen MR) is 102 cm³/mol. The van der Waals surface area contributed by atoms with Gasteiger partial charge in [0.15, 0.2) is 17.8 Å². The second-order valence-corrected chi connectivity index (χ2v) is 6.78. The molecule has 7 heteroatoms. The van der Waals surface area contributed by atoms with Crippen LogP contribution in [0.4, 0.5) is 10.2 Å². The quantitative estimate of drug-likeness (QED) is 0.634. The predicted octanol–water partition coefficient (Wildman–Crippen LogP) is 4.21. The Morgan fingerprint density at radius 3 is 2.62 bits per heavy atom. The van der Waals surface area contributed by atoms with Crippen molar-refractivity contribution in [1.29, 1.82) is 0 Å². The number of aromatic nitrogens is 2. The molecule has 134 valence electrons. The average Bonchev–Trinajstić information content (AvgIpc) is 3.06. The highest BCUT2D eigenvalue weighted by Gasteiger charge is 2.18. The van der Waals surface area contributed by atoms with Crippen LogP contribution in [0.3, 0.4) is 0 Å². The molecule has 1 aromatic carbocycles. The van der Waals surface area contributed by atoms with Crippen LogP contribution in [0.15, 0.2) is 55.3 Å². The van der Waals surface area contributed by atoms with E-state index in [1.165, 1.54) is 18.3 Å². The van der Waals surface area contributed by atoms with Crippen LogP contribution < -0.4 is 5.73 Å². The third-order valence-electron chi connectivity index (χ3n) is 3.77. The summed E-state index contributed by atoms with van der Waals surface area (Å²) in [5.41, 5.74) is 6.79. The maximum absolute atomic E-state index is 13.2. The molecule has 2 aromatic heterocycles. The lowest BCUT2D eigenvalue weighted by molar-refractivity contribution is 0.224. The number of nitrogens with zero attached hydrogens (tertiary/aromatic N) is 2. The number of nitrogens with two attached hydrogens (primary N) is 1. The number of anilines is 1. The van der Waals surface area contributed by atoms with Crippen LogP contribution in [0.1, 0.15) is 29.3 Å². The van der Waals surface area contributed by atoms with Gasteiger partial charge in [0.1, 0.15) is 22.5 Å². The van der Waals surface area contributed by atoms with Crippen molar-refractivity contribution in [2.24, 2.45) is 0 Å². The molecule has 0 saturated carbocycles. The Hall–Kier alpha value is -2.77. The van der Waals surface area contributed by atoms with E-state index in [1.807, 2.05) is 30.3 Å². The third kappa shape index (κ3) is 3.58. The van der Waals surface area contributed by atoms with Crippen LogP contribution in [-0.4, -0.2) is 21.2 Å². The number of thiophene rings is 1. The molecule has 3 aromatic rings. The zero-order valence-corrected chi connectivity index (χ0v) is 15.0. The van der Waals surface area contributed by atoms with Gasteiger partial charge in [0.2, 0.25) is 0 Å². The molecule has 0 saturated heterocycles. The number of halogens is 1. The second-order valence-electron chi connectivity index (χ2n) is 5.72. The summed E-state index contributed by atoms with van der Waals surface area (Å²) in [4.78, 5) is 9.81. The van der Waals surface area contributed by atoms with Crippen molar-refractivity contribution in [2.45, 2.75) is 19.2 Å². The van der Waals surface area contributed by atoms with E-state index in [0.717, 1.165) is 5.56 Å². The van der Waals surface area contributed by atoms with Crippen molar-refractivity contribution in [3.05, 3.63) is 71.6 Å². The zero-order valence-electron chi connectivity index (χ0n) is 14.1. The van der Waals surface area contributed by atoms with Crippen molar-refractivity contribution in [1.82, 2.24) is 9.97 Å². The van der Waals surface area contributed by atoms with Crippen LogP contribution in [-0.2, 0) is 4.74 Å². The first-order chi connectivity index (χ1) is 12.4. The first-order valence-electron chi connectivity index (χ1n) is 7.86. The highest BCUT2D eigenvalue weighted by molar-refractivity contribution is 7.18. The number of hydrogen-bond acceptors (Lipinski definition) is 6. The second kappa shape index (κ2) is 7.23. The highest BCUT2D eigenvalue weighted by Crippen LogP contribution is 2.35. The number of aliphatic hydroxyl groups is 1. The lowest BCUT2D eigenvalue weighted by Crippen LogP contribution is -2.05. The Morgan fingerprint density at radius 2 is 1.96 bits per heavy atom. The van der Waals surface area contributed by atoms with E-state index in [-0.39, 0.29) is 23.2 Å². The summed E-state index contributed by atoms with van der Waals surface area (Å²) in [6, 6.07) is 11.1. The Balaban J connectivity index is 1.94. The van der Waals surface area contributed by atoms with Gasteiger partial charge < -0.3 is 15.6 Å². The maximum Gasteiger partial charge on any atom is 0.198 e. The molecule has 2 unspecified atom stereocenters. The molecule has 0 amide bonds. The number of benzene rings is 1. The SMILES string of the molecule is C=C(OC(=C)C(C)F)c1nc(N)c2cc(C(O)c3ccccc3)sc2n1. The number of ether oxygens (including phenoxy) is 1. The fourth-order valence-electron chi connectivity index (χ4n) is 2.31. The Morgan fingerprint density at radius 1 is 1.27 bits per heavy atom. The number of nitrogen functional groups attached to an aromatic ring is 1. The molecule has 0 aliphatic carbocycles. The Bertz CT molecular complexity index is 970. The Labute approximate surface area is 154 Å². The minimum atomic E-state index is -1.35. The lowest BCUT2D eigenvalue weighted by atomic mass is 10.1. The molecule has 3 N–H and O–H groups in total. The van der Waals surface area contributed by atoms with Crippen LogP contribution in [0.2, 0.25) is 0 Å². The van der Waals surface area contributed by atoms with E-state index >= 15 is 0 Å². The minimum absolute atomic E-state index is 0.0617. The molecule has 0 spiro atoms. The van der Waals surface area contributed by atoms with E-state index < -0.39 is 12.3 Å². The molecular formula is C19H18FN3O2S. The van der Waals surface area contributed by atoms with Crippen molar-refractivity contribution < 1.29 is 14.2 Å². The first kappa shape index (κ1) is 18.0. The number of fused-ring (bicyclic) bond motifs is 1. The number of aliphatic hydroxyl groups excluding tert-OH is 1. The summed E-state index contributed by atoms with van der Waals surface area (Å²) in [6.45, 7) is 8.51. The van der Waals surface area contributed by atoms with Crippen LogP contribution in [0.5, 0.6) is 0 Å². The van der Waals surface area contributed by atoms with Crippen LogP contribution in [0.25, 0.3) is 16.0 Å². The molecule has 2 heterocycles. The maximum atomic E-state index is 13.2. The van der Waals surface area contributed by atoms with E-state index in [2.05, 4.69) is 23.1 Å². The average molecular weight is 371 g/mol. The van der Waals surface area contributed by atoms with E-state index in [4.69, 9.17) is 10.5 Å². The molecule has 0 aliphatic heterocycles. The number of hydrogen-bond donors (Lipinski definition) is 2. The summed E-state index contributed by atoms with van der Waals surface area (Å²) in [5, 5.41) is 11.2. The fourth-order valence-corrected chi connectivity index (χ4v) is 3.36. The third-order valence-corrected chi connectivity index (χ3v) is 4.85. The minimum Gasteiger partial charge on any atom is -0.456 e. The van der Waals surface area contributed by atoms with Crippen molar-refractivity contribution >= 4 is 33.1 Å². The Kier molecular flexibility index (Phi) is 5.01. The summed E-state index contributed by atoms with van der Waals surface area (Å²) < 4.78 is 18.4. The van der Waals surface area contributed by atoms with Gasteiger partial charge in [0, 0.05) is 4.88 Å². The summed E-state index contributed by atoms with van der Waals surface area (Å²) in [7, 11) is 0. The van der Waals surface area contributed by atoms with Crippen LogP contribution >= 0.6 is 11.3 Å². The lowest BCUT2D eigenvalue weighted by Gasteiger charge is -2.11. The summed E-state index contributed by atoms with van der Waals surface area (Å²) >= 11 is 1.30. The molecule has 0 radical (unpaired) electrons. The zero-order chi connectivity index (χ0) is 18.8. The molecule has 26 heavy (non-hydrogen) atoms. The normalized spacial score (nSPS) is 13.3. The van der Waals surface area contributed by atoms with Gasteiger partial charge in [-0.3, -0.25) is 0 Å². The van der Waals surface area contributed by atoms with Gasteiger partial charge in [0.05, 0.1) is 5.39 Å². The number of rotatable bonds is 6. The molecule has 0 bridgehead atoms. The van der Waals surface area contributed by atoms with E-state index in [0.29, 0.717) is 15.1 Å². The monoisotopic (exact) mass is 371 g/mol. The van der Waals surface area contributed by atoms with Crippen LogP contribution in [0, 0.1) is 0 Å². The van der Waals surface area contributed by atoms with Gasteiger partial charge >= 0.3 is 0 Å². The highest BCUT2D eigenvalue weighted by atomic mass is 32.1. The molecule has 2 atom stereocenters. The molecule has 0 fully saturated rings. The summed E-state index contributed by atoms with van der Waals surface area (Å²) in [5.74, 6) is 0.367. The molecular weight excluding hydrogens is 353 g/mol. The molecule has 5 nitrogen and oxygen atoms in total. The molecule has 3 rings (SSSR count). The van der Waals surface area contributed by atoms with Gasteiger partial charge in [-0.05, 0) is 18.6 Å². The number of alkyl halides is 1. The van der Waals surface area contributed by atoms with Crippen molar-refractivity contribution in [3.63, 3.8) is 0 Å². The summed E-state index contributed by atoms with van der Waals surface area (Å²) in [6.07, 6.45) is -2.13. The topological polar surface area (TPSA) is 81.3 Å². The first-order valence-corrected chi connectivity index (χ1v) is 8.68. The molecule has 0 aliphatic rings. The van der Waals surface area contributed by atoms with Gasteiger partial charge in [-0.15, -0.1) is 11.3 Å². The van der Waals surface area contributed by atoms with Gasteiger partial charge in [0.25, 0.3) is 0 Å². The van der Waals surface area contributed by atoms with Gasteiger partial charge in [-0.25, -0.2) is 14.4 Å². The smallest absolute Gasteiger partial charge is 0.198 e. The largest absolute Gasteiger partial charge is 0.456 e. The van der Waals surface area contributed by atoms with E-state index in [1.54, 1.807) is 6.07 Å². The van der Waals surface area contributed by atoms with Gasteiger partial charge in [-0.2, -0.15) is 0 Å². The van der Waals surface area contributed by atoms with E-state index in [9.17, 15) is 9.50 Å². The standard InChI is InChI=1S/C19H18FN3O2S/c1-10(20)11(2)25-12(3)18-22-17(21)14-9-15(26-19(14)23-18)16(24)13-7-5-4-6-8-13/h4-10,16,24H,2-3H2,1H3,(H2,21,22,23). The number of allylic oxidation sites excluding steroid dienone is 1.